The Morgan fingerprint density at radius 3 is 2.76 bits per heavy atom. The molecule has 108 valence electrons. The van der Waals surface area contributed by atoms with Crippen LogP contribution in [0, 0.1) is 0 Å². The SMILES string of the molecule is COc1ccc2c(c1)-c1oc(=O)c(C(N)=O)cc1C(C)O2. The fourth-order valence-corrected chi connectivity index (χ4v) is 2.34. The largest absolute Gasteiger partial charge is 0.497 e. The first kappa shape index (κ1) is 13.2. The first-order valence-electron chi connectivity index (χ1n) is 6.34. The molecule has 0 aliphatic carbocycles. The molecule has 0 saturated carbocycles. The summed E-state index contributed by atoms with van der Waals surface area (Å²) in [6.07, 6.45) is -0.358. The van der Waals surface area contributed by atoms with Crippen LogP contribution in [0.2, 0.25) is 0 Å². The van der Waals surface area contributed by atoms with Crippen molar-refractivity contribution in [2.24, 2.45) is 5.73 Å². The highest BCUT2D eigenvalue weighted by Gasteiger charge is 2.28. The van der Waals surface area contributed by atoms with Crippen LogP contribution in [-0.4, -0.2) is 13.0 Å². The van der Waals surface area contributed by atoms with E-state index in [1.54, 1.807) is 32.2 Å². The van der Waals surface area contributed by atoms with E-state index in [1.807, 2.05) is 0 Å². The number of benzene rings is 1. The van der Waals surface area contributed by atoms with Gasteiger partial charge in [0.25, 0.3) is 5.91 Å². The Morgan fingerprint density at radius 2 is 2.10 bits per heavy atom. The molecule has 1 aromatic heterocycles. The molecule has 1 amide bonds. The van der Waals surface area contributed by atoms with E-state index < -0.39 is 11.5 Å². The van der Waals surface area contributed by atoms with Gasteiger partial charge in [0, 0.05) is 5.56 Å². The van der Waals surface area contributed by atoms with E-state index >= 15 is 0 Å². The summed E-state index contributed by atoms with van der Waals surface area (Å²) in [5.74, 6) is 0.748. The van der Waals surface area contributed by atoms with Crippen LogP contribution in [0.15, 0.2) is 33.5 Å². The molecular weight excluding hydrogens is 274 g/mol. The first-order chi connectivity index (χ1) is 10.0. The highest BCUT2D eigenvalue weighted by atomic mass is 16.5. The molecule has 21 heavy (non-hydrogen) atoms. The van der Waals surface area contributed by atoms with Crippen molar-refractivity contribution in [3.63, 3.8) is 0 Å². The van der Waals surface area contributed by atoms with E-state index in [0.717, 1.165) is 0 Å². The van der Waals surface area contributed by atoms with Gasteiger partial charge in [-0.05, 0) is 31.2 Å². The molecule has 0 saturated heterocycles. The second-order valence-corrected chi connectivity index (χ2v) is 4.72. The van der Waals surface area contributed by atoms with E-state index in [-0.39, 0.29) is 11.7 Å². The third kappa shape index (κ3) is 2.05. The van der Waals surface area contributed by atoms with Crippen molar-refractivity contribution in [3.8, 4) is 22.8 Å². The van der Waals surface area contributed by atoms with E-state index in [9.17, 15) is 9.59 Å². The Morgan fingerprint density at radius 1 is 1.33 bits per heavy atom. The Hall–Kier alpha value is -2.76. The number of rotatable bonds is 2. The summed E-state index contributed by atoms with van der Waals surface area (Å²) in [6, 6.07) is 6.64. The zero-order valence-electron chi connectivity index (χ0n) is 11.5. The molecule has 2 aromatic rings. The van der Waals surface area contributed by atoms with Crippen LogP contribution in [0.3, 0.4) is 0 Å². The minimum absolute atomic E-state index is 0.185. The smallest absolute Gasteiger partial charge is 0.349 e. The molecule has 1 unspecified atom stereocenters. The Bertz CT molecular complexity index is 793. The minimum Gasteiger partial charge on any atom is -0.497 e. The summed E-state index contributed by atoms with van der Waals surface area (Å²) >= 11 is 0. The minimum atomic E-state index is -0.824. The molecule has 2 heterocycles. The lowest BCUT2D eigenvalue weighted by Crippen LogP contribution is -2.23. The third-order valence-electron chi connectivity index (χ3n) is 3.42. The third-order valence-corrected chi connectivity index (χ3v) is 3.42. The van der Waals surface area contributed by atoms with Crippen molar-refractivity contribution in [3.05, 3.63) is 45.8 Å². The molecule has 1 aromatic carbocycles. The number of carbonyl (C=O) groups excluding carboxylic acids is 1. The van der Waals surface area contributed by atoms with Gasteiger partial charge in [-0.3, -0.25) is 4.79 Å². The lowest BCUT2D eigenvalue weighted by atomic mass is 9.98. The van der Waals surface area contributed by atoms with Crippen molar-refractivity contribution in [2.45, 2.75) is 13.0 Å². The summed E-state index contributed by atoms with van der Waals surface area (Å²) in [6.45, 7) is 1.80. The number of ether oxygens (including phenoxy) is 2. The number of primary amides is 1. The molecule has 0 spiro atoms. The number of carbonyl (C=O) groups is 1. The van der Waals surface area contributed by atoms with Crippen molar-refractivity contribution >= 4 is 5.91 Å². The lowest BCUT2D eigenvalue weighted by molar-refractivity contribution is 0.0996. The predicted octanol–water partition coefficient (Wildman–Crippen LogP) is 1.87. The van der Waals surface area contributed by atoms with Crippen LogP contribution >= 0.6 is 0 Å². The van der Waals surface area contributed by atoms with Gasteiger partial charge in [0.05, 0.1) is 12.7 Å². The maximum Gasteiger partial charge on any atom is 0.349 e. The van der Waals surface area contributed by atoms with E-state index in [1.165, 1.54) is 6.07 Å². The molecular formula is C15H13NO5. The van der Waals surface area contributed by atoms with Crippen LogP contribution in [0.1, 0.15) is 28.9 Å². The molecule has 1 aliphatic rings. The Balaban J connectivity index is 2.28. The normalized spacial score (nSPS) is 15.6. The van der Waals surface area contributed by atoms with Crippen LogP contribution in [0.5, 0.6) is 11.5 Å². The average molecular weight is 287 g/mol. The summed E-state index contributed by atoms with van der Waals surface area (Å²) < 4.78 is 16.2. The number of nitrogens with two attached hydrogens (primary N) is 1. The second-order valence-electron chi connectivity index (χ2n) is 4.72. The molecule has 6 heteroatoms. The summed E-state index contributed by atoms with van der Waals surface area (Å²) in [7, 11) is 1.54. The monoisotopic (exact) mass is 287 g/mol. The lowest BCUT2D eigenvalue weighted by Gasteiger charge is -2.25. The first-order valence-corrected chi connectivity index (χ1v) is 6.34. The quantitative estimate of drug-likeness (QED) is 0.910. The molecule has 0 radical (unpaired) electrons. The Labute approximate surface area is 120 Å². The zero-order chi connectivity index (χ0) is 15.1. The number of hydrogen-bond acceptors (Lipinski definition) is 5. The van der Waals surface area contributed by atoms with Gasteiger partial charge >= 0.3 is 5.63 Å². The molecule has 1 atom stereocenters. The number of hydrogen-bond donors (Lipinski definition) is 1. The van der Waals surface area contributed by atoms with Gasteiger partial charge in [-0.15, -0.1) is 0 Å². The van der Waals surface area contributed by atoms with E-state index in [4.69, 9.17) is 19.6 Å². The predicted molar refractivity (Wildman–Crippen MR) is 74.5 cm³/mol. The van der Waals surface area contributed by atoms with Gasteiger partial charge in [0.2, 0.25) is 0 Å². The Kier molecular flexibility index (Phi) is 2.94. The van der Waals surface area contributed by atoms with Crippen molar-refractivity contribution < 1.29 is 18.7 Å². The maximum absolute atomic E-state index is 11.9. The van der Waals surface area contributed by atoms with Crippen molar-refractivity contribution in [1.29, 1.82) is 0 Å². The highest BCUT2D eigenvalue weighted by molar-refractivity contribution is 5.93. The van der Waals surface area contributed by atoms with Gasteiger partial charge in [-0.1, -0.05) is 0 Å². The van der Waals surface area contributed by atoms with Gasteiger partial charge in [0.15, 0.2) is 0 Å². The van der Waals surface area contributed by atoms with Crippen LogP contribution in [0.4, 0.5) is 0 Å². The van der Waals surface area contributed by atoms with Crippen molar-refractivity contribution in [2.75, 3.05) is 7.11 Å². The van der Waals surface area contributed by atoms with E-state index in [0.29, 0.717) is 28.4 Å². The van der Waals surface area contributed by atoms with Gasteiger partial charge < -0.3 is 19.6 Å². The van der Waals surface area contributed by atoms with Gasteiger partial charge in [-0.2, -0.15) is 0 Å². The standard InChI is InChI=1S/C15H13NO5/c1-7-9-6-11(14(16)17)15(18)21-13(9)10-5-8(19-2)3-4-12(10)20-7/h3-7H,1-2H3,(H2,16,17). The average Bonchev–Trinajstić information content (AvgIpc) is 2.46. The highest BCUT2D eigenvalue weighted by Crippen LogP contribution is 2.43. The van der Waals surface area contributed by atoms with Gasteiger partial charge in [0.1, 0.15) is 28.9 Å². The topological polar surface area (TPSA) is 91.8 Å². The molecule has 0 bridgehead atoms. The number of fused-ring (bicyclic) bond motifs is 3. The summed E-state index contributed by atoms with van der Waals surface area (Å²) in [5.41, 5.74) is 5.44. The zero-order valence-corrected chi connectivity index (χ0v) is 11.5. The number of amides is 1. The summed E-state index contributed by atoms with van der Waals surface area (Å²) in [4.78, 5) is 23.1. The van der Waals surface area contributed by atoms with E-state index in [2.05, 4.69) is 0 Å². The summed E-state index contributed by atoms with van der Waals surface area (Å²) in [5, 5.41) is 0. The molecule has 6 nitrogen and oxygen atoms in total. The molecule has 0 fully saturated rings. The number of methoxy groups -OCH3 is 1. The fraction of sp³-hybridized carbons (Fsp3) is 0.200. The van der Waals surface area contributed by atoms with Crippen LogP contribution in [0.25, 0.3) is 11.3 Å². The fourth-order valence-electron chi connectivity index (χ4n) is 2.34. The molecule has 1 aliphatic heterocycles. The molecule has 2 N–H and O–H groups in total. The van der Waals surface area contributed by atoms with Crippen LogP contribution in [-0.2, 0) is 0 Å². The molecule has 3 rings (SSSR count). The second kappa shape index (κ2) is 4.66. The van der Waals surface area contributed by atoms with Crippen molar-refractivity contribution in [1.82, 2.24) is 0 Å². The van der Waals surface area contributed by atoms with Crippen LogP contribution < -0.4 is 20.8 Å². The van der Waals surface area contributed by atoms with Gasteiger partial charge in [-0.25, -0.2) is 4.79 Å². The maximum atomic E-state index is 11.9.